The topological polar surface area (TPSA) is 202 Å². The van der Waals surface area contributed by atoms with Gasteiger partial charge in [-0.05, 0) is 199 Å². The largest absolute Gasteiger partial charge is 0.497 e. The molecule has 4 amide bonds. The predicted molar refractivity (Wildman–Crippen MR) is 376 cm³/mol. The van der Waals surface area contributed by atoms with Gasteiger partial charge in [-0.3, -0.25) is 19.2 Å². The number of piperazine rings is 2. The molecule has 6 unspecified atom stereocenters. The van der Waals surface area contributed by atoms with Crippen LogP contribution in [-0.2, 0) is 42.7 Å². The fourth-order valence-electron chi connectivity index (χ4n) is 20.2. The average molecular weight is 1360 g/mol. The Morgan fingerprint density at radius 3 is 1.31 bits per heavy atom. The number of hydrogen-bond donors (Lipinski definition) is 2. The highest BCUT2D eigenvalue weighted by Gasteiger charge is 2.67. The number of benzene rings is 4. The normalized spacial score (nSPS) is 27.6. The number of carbonyl (C=O) groups is 4. The van der Waals surface area contributed by atoms with Gasteiger partial charge in [-0.15, -0.1) is 0 Å². The van der Waals surface area contributed by atoms with Crippen molar-refractivity contribution in [2.45, 2.75) is 220 Å². The lowest BCUT2D eigenvalue weighted by Gasteiger charge is -2.41. The van der Waals surface area contributed by atoms with Gasteiger partial charge in [-0.2, -0.15) is 0 Å². The number of ether oxygens (including phenoxy) is 2. The maximum atomic E-state index is 15.0. The highest BCUT2D eigenvalue weighted by molar-refractivity contribution is 7.91. The number of likely N-dealkylation sites (tertiary alicyclic amines) is 2. The van der Waals surface area contributed by atoms with Crippen LogP contribution in [0.1, 0.15) is 215 Å². The molecule has 4 aromatic carbocycles. The molecule has 5 aliphatic carbocycles. The minimum absolute atomic E-state index is 0.0787. The number of likely N-dealkylation sites (N-methyl/N-ethyl adjacent to an activating group) is 2. The molecule has 18 nitrogen and oxygen atoms in total. The molecule has 2 aromatic heterocycles. The standard InChI is InChI=1S/C39H50N4O5S.C38H46N4O5S/c1-5-29(6-2)49(46,47)40-37(44)25-12-16-31-34(18-25)42-23-39(38(45)43-26-13-14-27(43)22-41(3)21-26)20-33(39)32-19-28(48-4)15-17-30(32)36(42)35(31)24-10-8-7-9-11-24;1-40-20-25-12-13-26(21-40)42(25)37(44)38-19-32(38)31-18-27(47-2)14-16-29(31)35-34(23-7-4-3-5-8-23)30-15-11-24(17-33(30)41(35)22-38)36(43)39-48(45,46)28-9-6-10-28/h12,15-19,24,26-27,29,33H,5-11,13-14,20-23H2,1-4H3,(H,40,44);11,14-18,23,25-26,28,32H,3-10,12-13,19-22H2,1-2H3,(H,39,43)/t;25?,26?,32-,38-/m.0/s1. The van der Waals surface area contributed by atoms with E-state index in [1.807, 2.05) is 50.2 Å². The number of nitrogens with zero attached hydrogens (tertiary/aromatic N) is 6. The monoisotopic (exact) mass is 1360 g/mol. The maximum absolute atomic E-state index is 15.0. The van der Waals surface area contributed by atoms with Crippen molar-refractivity contribution in [1.29, 1.82) is 0 Å². The van der Waals surface area contributed by atoms with E-state index in [9.17, 15) is 26.4 Å². The number of nitrogens with one attached hydrogen (secondary N) is 2. The lowest BCUT2D eigenvalue weighted by atomic mass is 9.81. The van der Waals surface area contributed by atoms with Crippen LogP contribution in [0.2, 0.25) is 0 Å². The minimum atomic E-state index is -3.82. The number of carbonyl (C=O) groups excluding carboxylic acids is 4. The number of rotatable bonds is 14. The summed E-state index contributed by atoms with van der Waals surface area (Å²) in [6, 6.07) is 25.1. The molecular weight excluding hydrogens is 1260 g/mol. The maximum Gasteiger partial charge on any atom is 0.264 e. The van der Waals surface area contributed by atoms with E-state index < -0.39 is 53.2 Å². The van der Waals surface area contributed by atoms with Gasteiger partial charge >= 0.3 is 0 Å². The van der Waals surface area contributed by atoms with Crippen molar-refractivity contribution in [2.24, 2.45) is 10.8 Å². The van der Waals surface area contributed by atoms with Gasteiger partial charge in [0, 0.05) is 119 Å². The Hall–Kier alpha value is -6.74. The van der Waals surface area contributed by atoms with Crippen LogP contribution < -0.4 is 18.9 Å². The van der Waals surface area contributed by atoms with E-state index in [1.165, 1.54) is 60.8 Å². The van der Waals surface area contributed by atoms with Gasteiger partial charge in [-0.25, -0.2) is 26.3 Å². The summed E-state index contributed by atoms with van der Waals surface area (Å²) in [6.07, 6.45) is 20.3. The van der Waals surface area contributed by atoms with Crippen LogP contribution in [-0.4, -0.2) is 158 Å². The predicted octanol–water partition coefficient (Wildman–Crippen LogP) is 12.2. The molecule has 97 heavy (non-hydrogen) atoms. The van der Waals surface area contributed by atoms with Gasteiger partial charge in [0.05, 0.1) is 46.9 Å². The Bertz CT molecular complexity index is 4400. The number of methoxy groups -OCH3 is 2. The highest BCUT2D eigenvalue weighted by atomic mass is 32.2. The molecule has 8 heterocycles. The zero-order chi connectivity index (χ0) is 67.2. The first-order valence-electron chi connectivity index (χ1n) is 36.6. The van der Waals surface area contributed by atoms with Crippen molar-refractivity contribution in [2.75, 3.05) is 54.5 Å². The second-order valence-electron chi connectivity index (χ2n) is 31.1. The molecule has 2 N–H and O–H groups in total. The molecule has 17 rings (SSSR count). The van der Waals surface area contributed by atoms with Crippen molar-refractivity contribution in [3.63, 3.8) is 0 Å². The molecule has 20 heteroatoms. The van der Waals surface area contributed by atoms with E-state index in [-0.39, 0.29) is 47.8 Å². The molecule has 9 fully saturated rings. The summed E-state index contributed by atoms with van der Waals surface area (Å²) < 4.78 is 73.1. The first-order valence-corrected chi connectivity index (χ1v) is 39.7. The number of fused-ring (bicyclic) bond motifs is 18. The third-order valence-electron chi connectivity index (χ3n) is 25.5. The molecule has 6 aliphatic heterocycles. The molecule has 6 aromatic rings. The van der Waals surface area contributed by atoms with Gasteiger partial charge in [0.15, 0.2) is 0 Å². The van der Waals surface area contributed by atoms with Gasteiger partial charge in [0.25, 0.3) is 11.8 Å². The third-order valence-corrected chi connectivity index (χ3v) is 29.4. The SMILES string of the molecule is CCC(CC)S(=O)(=O)NC(=O)c1ccc2c(C3CCCCC3)c3n(c2c1)CC1(C(=O)N2C4CCC2CN(C)C4)CC1c1cc(OC)ccc1-3.COc1ccc2c(c1)[C@@H]1C[C@]1(C(=O)N1C3CCC1CN(C)C3)Cn1c-2c(C2CCCCC2)c2ccc(C(=O)NS(=O)(=O)C3CCC3)cc21. The fraction of sp³-hybridized carbons (Fsp3) is 0.584. The Labute approximate surface area is 571 Å². The van der Waals surface area contributed by atoms with Crippen molar-refractivity contribution in [3.8, 4) is 34.0 Å². The fourth-order valence-corrected chi connectivity index (χ4v) is 23.1. The van der Waals surface area contributed by atoms with Crippen LogP contribution in [0.4, 0.5) is 0 Å². The van der Waals surface area contributed by atoms with Gasteiger partial charge < -0.3 is 38.2 Å². The molecule has 0 spiro atoms. The van der Waals surface area contributed by atoms with Crippen LogP contribution in [0.3, 0.4) is 0 Å². The second-order valence-corrected chi connectivity index (χ2v) is 35.1. The van der Waals surface area contributed by atoms with Crippen LogP contribution in [0.25, 0.3) is 44.3 Å². The van der Waals surface area contributed by atoms with Gasteiger partial charge in [-0.1, -0.05) is 70.9 Å². The zero-order valence-corrected chi connectivity index (χ0v) is 59.0. The minimum Gasteiger partial charge on any atom is -0.497 e. The van der Waals surface area contributed by atoms with Crippen LogP contribution in [0.5, 0.6) is 11.5 Å². The molecule has 8 atom stereocenters. The molecule has 0 radical (unpaired) electrons. The molecule has 4 saturated heterocycles. The summed E-state index contributed by atoms with van der Waals surface area (Å²) in [5.41, 5.74) is 10.9. The smallest absolute Gasteiger partial charge is 0.264 e. The second kappa shape index (κ2) is 24.6. The van der Waals surface area contributed by atoms with E-state index in [0.29, 0.717) is 61.7 Å². The van der Waals surface area contributed by atoms with Crippen molar-refractivity contribution in [3.05, 3.63) is 106 Å². The summed E-state index contributed by atoms with van der Waals surface area (Å²) in [6.45, 7) is 8.40. The van der Waals surface area contributed by atoms with E-state index in [1.54, 1.807) is 26.4 Å². The summed E-state index contributed by atoms with van der Waals surface area (Å²) in [5.74, 6) is 1.87. The molecule has 516 valence electrons. The quantitative estimate of drug-likeness (QED) is 0.105. The van der Waals surface area contributed by atoms with Crippen molar-refractivity contribution >= 4 is 65.5 Å². The summed E-state index contributed by atoms with van der Waals surface area (Å²) >= 11 is 0. The van der Waals surface area contributed by atoms with E-state index in [0.717, 1.165) is 153 Å². The van der Waals surface area contributed by atoms with Gasteiger partial charge in [0.2, 0.25) is 31.9 Å². The summed E-state index contributed by atoms with van der Waals surface area (Å²) in [7, 11) is 0.183. The summed E-state index contributed by atoms with van der Waals surface area (Å²) in [4.78, 5) is 66.5. The van der Waals surface area contributed by atoms with Crippen LogP contribution in [0.15, 0.2) is 72.8 Å². The van der Waals surface area contributed by atoms with Gasteiger partial charge in [0.1, 0.15) is 11.5 Å². The molecule has 5 saturated carbocycles. The summed E-state index contributed by atoms with van der Waals surface area (Å²) in [5, 5.41) is 1.09. The molecule has 11 aliphatic rings. The Morgan fingerprint density at radius 2 is 0.928 bits per heavy atom. The third kappa shape index (κ3) is 10.8. The Morgan fingerprint density at radius 1 is 0.515 bits per heavy atom. The average Bonchev–Trinajstić information content (AvgIpc) is 1.52. The number of amides is 4. The lowest BCUT2D eigenvalue weighted by Crippen LogP contribution is -2.57. The first kappa shape index (κ1) is 64.9. The Kier molecular flexibility index (Phi) is 16.4. The lowest BCUT2D eigenvalue weighted by molar-refractivity contribution is -0.144. The number of sulfonamides is 2. The molecular formula is C77H96N8O10S2. The number of aromatic nitrogens is 2. The van der Waals surface area contributed by atoms with E-state index in [4.69, 9.17) is 9.47 Å². The highest BCUT2D eigenvalue weighted by Crippen LogP contribution is 2.69. The zero-order valence-electron chi connectivity index (χ0n) is 57.4. The number of hydrogen-bond acceptors (Lipinski definition) is 12. The van der Waals surface area contributed by atoms with E-state index in [2.05, 4.69) is 76.5 Å². The van der Waals surface area contributed by atoms with Crippen molar-refractivity contribution < 1.29 is 45.5 Å². The van der Waals surface area contributed by atoms with Crippen LogP contribution >= 0.6 is 0 Å². The van der Waals surface area contributed by atoms with Crippen LogP contribution in [0, 0.1) is 10.8 Å². The Balaban J connectivity index is 0.000000152. The molecule has 4 bridgehead atoms. The first-order chi connectivity index (χ1) is 46.8. The van der Waals surface area contributed by atoms with Crippen molar-refractivity contribution in [1.82, 2.24) is 38.2 Å². The van der Waals surface area contributed by atoms with E-state index >= 15 is 9.59 Å².